The quantitative estimate of drug-likeness (QED) is 0.00993. The van der Waals surface area contributed by atoms with E-state index in [0.29, 0.717) is 18.3 Å². The summed E-state index contributed by atoms with van der Waals surface area (Å²) in [5, 5.41) is 71.4. The number of carboxylic acid groups (broad SMARTS) is 2. The Labute approximate surface area is 647 Å². The van der Waals surface area contributed by atoms with Crippen LogP contribution in [0.1, 0.15) is 164 Å². The lowest BCUT2D eigenvalue weighted by molar-refractivity contribution is -0.306. The third-order valence-electron chi connectivity index (χ3n) is 22.3. The van der Waals surface area contributed by atoms with Gasteiger partial charge in [-0.3, -0.25) is 52.7 Å². The minimum absolute atomic E-state index is 0.000477. The molecule has 3 fully saturated rings. The molecule has 1 saturated heterocycles. The summed E-state index contributed by atoms with van der Waals surface area (Å²) in [6.07, 6.45) is -11.8. The summed E-state index contributed by atoms with van der Waals surface area (Å²) in [7, 11) is 1.43. The maximum absolute atomic E-state index is 16.0. The fourth-order valence-electron chi connectivity index (χ4n) is 15.8. The second-order valence-corrected chi connectivity index (χ2v) is 30.2. The third kappa shape index (κ3) is 20.5. The van der Waals surface area contributed by atoms with Crippen molar-refractivity contribution < 1.29 is 116 Å². The monoisotopic (exact) mass is 1560 g/mol. The highest BCUT2D eigenvalue weighted by atomic mass is 16.6. The molecule has 1 heterocycles. The first-order chi connectivity index (χ1) is 53.0. The van der Waals surface area contributed by atoms with Crippen molar-refractivity contribution in [2.24, 2.45) is 28.1 Å². The van der Waals surface area contributed by atoms with Gasteiger partial charge in [0.05, 0.1) is 42.9 Å². The Morgan fingerprint density at radius 1 is 0.679 bits per heavy atom. The summed E-state index contributed by atoms with van der Waals surface area (Å²) in [6, 6.07) is 20.9. The van der Waals surface area contributed by atoms with Crippen molar-refractivity contribution in [1.29, 1.82) is 0 Å². The van der Waals surface area contributed by atoms with E-state index >= 15 is 9.59 Å². The van der Waals surface area contributed by atoms with E-state index in [1.165, 1.54) is 43.4 Å². The summed E-state index contributed by atoms with van der Waals surface area (Å²) < 4.78 is 31.5. The number of amides is 6. The van der Waals surface area contributed by atoms with Crippen molar-refractivity contribution in [3.63, 3.8) is 0 Å². The predicted molar refractivity (Wildman–Crippen MR) is 398 cm³/mol. The number of nitrogens with one attached hydrogen (secondary N) is 7. The number of esters is 4. The molecule has 31 heteroatoms. The molecule has 0 radical (unpaired) electrons. The topological polar surface area (TPSA) is 470 Å². The number of aliphatic carboxylic acids is 2. The Bertz CT molecular complexity index is 4140. The van der Waals surface area contributed by atoms with Gasteiger partial charge in [-0.05, 0) is 130 Å². The van der Waals surface area contributed by atoms with E-state index in [-0.39, 0.29) is 72.4 Å². The van der Waals surface area contributed by atoms with E-state index in [2.05, 4.69) is 37.2 Å². The molecular formula is C81H101N7O24. The van der Waals surface area contributed by atoms with Gasteiger partial charge in [0.2, 0.25) is 35.6 Å². The first-order valence-corrected chi connectivity index (χ1v) is 37.3. The lowest BCUT2D eigenvalue weighted by Gasteiger charge is -2.68. The minimum atomic E-state index is -2.28. The molecule has 2 saturated carbocycles. The fourth-order valence-corrected chi connectivity index (χ4v) is 15.8. The third-order valence-corrected chi connectivity index (χ3v) is 22.3. The number of Topliss-reactive ketones (excluding diaryl/α,β-unsaturated/α-hetero) is 1. The molecule has 4 aromatic rings. The number of carbonyl (C=O) groups is 14. The van der Waals surface area contributed by atoms with Gasteiger partial charge in [0.1, 0.15) is 54.0 Å². The predicted octanol–water partition coefficient (Wildman–Crippen LogP) is 4.12. The zero-order chi connectivity index (χ0) is 82.2. The first kappa shape index (κ1) is 86.8. The first-order valence-electron chi connectivity index (χ1n) is 37.3. The van der Waals surface area contributed by atoms with Crippen LogP contribution in [0.25, 0.3) is 0 Å². The van der Waals surface area contributed by atoms with Crippen LogP contribution in [-0.4, -0.2) is 201 Å². The summed E-state index contributed by atoms with van der Waals surface area (Å²) in [6.45, 7) is 12.7. The molecule has 6 amide bonds. The zero-order valence-corrected chi connectivity index (χ0v) is 64.0. The van der Waals surface area contributed by atoms with Crippen LogP contribution in [0.4, 0.5) is 0 Å². The van der Waals surface area contributed by atoms with Crippen molar-refractivity contribution in [2.45, 2.75) is 211 Å². The van der Waals surface area contributed by atoms with E-state index in [9.17, 15) is 83.1 Å². The van der Waals surface area contributed by atoms with Gasteiger partial charge in [-0.25, -0.2) is 9.59 Å². The maximum Gasteiger partial charge on any atom is 0.350 e. The lowest BCUT2D eigenvalue weighted by atomic mass is 9.41. The second kappa shape index (κ2) is 38.0. The number of carboxylic acids is 2. The van der Waals surface area contributed by atoms with Gasteiger partial charge in [-0.2, -0.15) is 0 Å². The number of rotatable bonds is 37. The molecule has 0 spiro atoms. The minimum Gasteiger partial charge on any atom is -0.508 e. The van der Waals surface area contributed by atoms with E-state index in [1.807, 2.05) is 13.8 Å². The summed E-state index contributed by atoms with van der Waals surface area (Å²) in [5.41, 5.74) is -4.99. The highest BCUT2D eigenvalue weighted by Crippen LogP contribution is 2.67. The molecular weight excluding hydrogens is 1450 g/mol. The molecule has 17 atom stereocenters. The number of aliphatic hydroxyl groups excluding tert-OH is 1. The van der Waals surface area contributed by atoms with Crippen molar-refractivity contribution in [3.05, 3.63) is 149 Å². The van der Waals surface area contributed by atoms with Crippen LogP contribution in [0.5, 0.6) is 5.75 Å². The van der Waals surface area contributed by atoms with Crippen LogP contribution < -0.4 is 37.2 Å². The number of carbonyl (C=O) groups excluding carboxylic acids is 12. The van der Waals surface area contributed by atoms with Crippen LogP contribution >= 0.6 is 0 Å². The smallest absolute Gasteiger partial charge is 0.350 e. The molecule has 4 aromatic carbocycles. The molecule has 1 aliphatic heterocycles. The van der Waals surface area contributed by atoms with Crippen LogP contribution in [0, 0.1) is 28.1 Å². The van der Waals surface area contributed by atoms with Crippen LogP contribution in [-0.2, 0) is 87.6 Å². The van der Waals surface area contributed by atoms with Gasteiger partial charge >= 0.3 is 35.8 Å². The zero-order valence-electron chi connectivity index (χ0n) is 64.0. The maximum atomic E-state index is 16.0. The largest absolute Gasteiger partial charge is 0.508 e. The molecule has 12 N–H and O–H groups in total. The Hall–Kier alpha value is -10.8. The number of benzene rings is 4. The van der Waals surface area contributed by atoms with Crippen molar-refractivity contribution in [1.82, 2.24) is 37.2 Å². The number of aldehydes is 1. The van der Waals surface area contributed by atoms with Crippen LogP contribution in [0.3, 0.4) is 0 Å². The number of ketones is 1. The molecule has 112 heavy (non-hydrogen) atoms. The number of fused-ring (bicyclic) bond motifs is 5. The Kier molecular flexibility index (Phi) is 29.4. The van der Waals surface area contributed by atoms with Gasteiger partial charge in [-0.15, -0.1) is 0 Å². The number of likely N-dealkylation sites (N-methyl/N-ethyl adjacent to an activating group) is 1. The number of aromatic hydroxyl groups is 1. The standard InChI is InChI=1S/C81H101N7O24/c1-44-39-58-79(7,43-108-58)68-70(112-76(105)51-25-17-12-18-26-51)81(107)41-57(45(2)63(78(81,5)6)66(109-47(4)91)69(99)80(44,68)8)110-77(106)67(65(49-21-13-10-14-22-49)88-71(100)50-23-15-11-16-24-50)111-62(98)37-34-59(93)83-38-20-19-27-54(82-9)72(101)87-64(46(3)90)75(104)86-56(33-36-61(96)97)74(103)85-55(32-35-60(94)95)73(102)84-52(42-89)40-48-28-30-53(92)31-29-48/h10-18,21-26,28-31,42,44,46,52,54-58,64-68,70,82,90,92,107H,19-20,27,32-41,43H2,1-9H3,(H,83,93)(H,84,102)(H,85,103)(H,86,104)(H,87,101)(H,88,100)(H,94,95)(H,96,97)/t44-,46+,52?,54-,55-,56?,57-,58+,64-,65-,66+,67?,68+,70-,79+,80+,81+/m0/s1. The summed E-state index contributed by atoms with van der Waals surface area (Å²) in [4.78, 5) is 192. The van der Waals surface area contributed by atoms with Gasteiger partial charge in [0, 0.05) is 66.9 Å². The second-order valence-electron chi connectivity index (χ2n) is 30.2. The number of ether oxygens (including phenoxy) is 5. The summed E-state index contributed by atoms with van der Waals surface area (Å²) >= 11 is 0. The molecule has 31 nitrogen and oxygen atoms in total. The average molecular weight is 1560 g/mol. The van der Waals surface area contributed by atoms with Crippen LogP contribution in [0.15, 0.2) is 126 Å². The van der Waals surface area contributed by atoms with Crippen molar-refractivity contribution in [2.75, 3.05) is 20.2 Å². The Balaban J connectivity index is 0.958. The lowest BCUT2D eigenvalue weighted by Crippen LogP contribution is -2.76. The molecule has 3 aliphatic carbocycles. The SMILES string of the molecule is CN[C@@H](CCCCNC(=O)CCC(=O)OC(C(=O)O[C@H]1C[C@@]2(O)[C@@H](OC(=O)c3ccccc3)[C@@H]3[C@]4(C)CO[C@@H]4C[C@H](C)[C@@]3(C)C(=O)[C@H](OC(C)=O)C(=C1C)C2(C)C)[C@@H](NC(=O)c1ccccc1)c1ccccc1)C(=O)N[C@H](C(=O)NC(CCC(=O)O)C(=O)N[C@@H](CCC(=O)O)C(=O)NC(C=O)Cc1ccc(O)cc1)[C@@H](C)O. The van der Waals surface area contributed by atoms with E-state index in [4.69, 9.17) is 23.7 Å². The number of hydrogen-bond acceptors (Lipinski definition) is 23. The Morgan fingerprint density at radius 3 is 1.80 bits per heavy atom. The molecule has 0 aromatic heterocycles. The number of phenolic OH excluding ortho intramolecular Hbond substituents is 1. The molecule has 3 unspecified atom stereocenters. The van der Waals surface area contributed by atoms with E-state index in [0.717, 1.165) is 13.8 Å². The van der Waals surface area contributed by atoms with Crippen molar-refractivity contribution in [3.8, 4) is 5.75 Å². The Morgan fingerprint density at radius 2 is 1.25 bits per heavy atom. The van der Waals surface area contributed by atoms with Gasteiger partial charge in [-0.1, -0.05) is 113 Å². The van der Waals surface area contributed by atoms with Gasteiger partial charge in [0.15, 0.2) is 11.9 Å². The molecule has 4 aliphatic rings. The molecule has 8 rings (SSSR count). The van der Waals surface area contributed by atoms with Crippen LogP contribution in [0.2, 0.25) is 0 Å². The van der Waals surface area contributed by atoms with Gasteiger partial charge in [0.25, 0.3) is 5.91 Å². The van der Waals surface area contributed by atoms with E-state index in [1.54, 1.807) is 107 Å². The normalized spacial score (nSPS) is 24.2. The number of aliphatic hydroxyl groups is 2. The van der Waals surface area contributed by atoms with E-state index < -0.39 is 229 Å². The summed E-state index contributed by atoms with van der Waals surface area (Å²) in [5.74, 6) is -14.4. The van der Waals surface area contributed by atoms with Gasteiger partial charge < -0.3 is 91.2 Å². The number of unbranched alkanes of at least 4 members (excludes halogenated alkanes) is 1. The number of phenols is 1. The molecule has 604 valence electrons. The molecule has 2 bridgehead atoms. The average Bonchev–Trinajstić information content (AvgIpc) is 0.671. The highest BCUT2D eigenvalue weighted by Gasteiger charge is 2.75. The fraction of sp³-hybridized carbons (Fsp3) is 0.506. The number of hydrogen-bond donors (Lipinski definition) is 12. The van der Waals surface area contributed by atoms with Crippen molar-refractivity contribution >= 4 is 83.3 Å². The highest BCUT2D eigenvalue weighted by molar-refractivity contribution is 5.98.